The van der Waals surface area contributed by atoms with Crippen LogP contribution in [0.4, 0.5) is 5.69 Å². The number of anilines is 1. The lowest BCUT2D eigenvalue weighted by Gasteiger charge is -2.17. The first-order valence-electron chi connectivity index (χ1n) is 9.88. The van der Waals surface area contributed by atoms with Crippen molar-refractivity contribution < 1.29 is 28.7 Å². The highest BCUT2D eigenvalue weighted by Gasteiger charge is 2.36. The molecule has 1 aliphatic rings. The van der Waals surface area contributed by atoms with Gasteiger partial charge in [0.2, 0.25) is 5.91 Å². The molecule has 2 aromatic carbocycles. The van der Waals surface area contributed by atoms with Crippen molar-refractivity contribution in [3.8, 4) is 0 Å². The summed E-state index contributed by atoms with van der Waals surface area (Å²) >= 11 is 0. The second kappa shape index (κ2) is 9.88. The number of hydrogen-bond donors (Lipinski definition) is 1. The highest BCUT2D eigenvalue weighted by Crippen LogP contribution is 2.26. The Balaban J connectivity index is 1.51. The third-order valence-corrected chi connectivity index (χ3v) is 5.08. The van der Waals surface area contributed by atoms with Crippen LogP contribution in [0.15, 0.2) is 54.6 Å². The first-order valence-corrected chi connectivity index (χ1v) is 9.88. The Kier molecular flexibility index (Phi) is 7.02. The van der Waals surface area contributed by atoms with Crippen LogP contribution in [0.25, 0.3) is 0 Å². The number of benzene rings is 2. The second-order valence-corrected chi connectivity index (χ2v) is 7.25. The summed E-state index contributed by atoms with van der Waals surface area (Å²) in [6.07, 6.45) is -0.000373. The quantitative estimate of drug-likeness (QED) is 0.684. The average molecular weight is 424 g/mol. The molecule has 0 unspecified atom stereocenters. The van der Waals surface area contributed by atoms with E-state index in [1.807, 2.05) is 37.3 Å². The van der Waals surface area contributed by atoms with Crippen molar-refractivity contribution in [2.24, 2.45) is 5.92 Å². The molecule has 1 fully saturated rings. The minimum atomic E-state index is -0.660. The van der Waals surface area contributed by atoms with E-state index in [0.29, 0.717) is 11.3 Å². The topological polar surface area (TPSA) is 102 Å². The Morgan fingerprint density at radius 1 is 1.10 bits per heavy atom. The SMILES string of the molecule is COC(=O)c1ccc(N2C[C@@H](C(=O)OCC(=O)N[C@@H](C)c3ccccc3)CC2=O)cc1. The molecule has 3 rings (SSSR count). The van der Waals surface area contributed by atoms with E-state index in [0.717, 1.165) is 5.56 Å². The number of carbonyl (C=O) groups is 4. The molecule has 1 heterocycles. The molecule has 2 amide bonds. The molecule has 1 saturated heterocycles. The van der Waals surface area contributed by atoms with Gasteiger partial charge in [-0.2, -0.15) is 0 Å². The Hall–Kier alpha value is -3.68. The maximum atomic E-state index is 12.4. The van der Waals surface area contributed by atoms with Crippen molar-refractivity contribution in [3.63, 3.8) is 0 Å². The number of esters is 2. The average Bonchev–Trinajstić information content (AvgIpc) is 3.19. The Morgan fingerprint density at radius 3 is 2.42 bits per heavy atom. The van der Waals surface area contributed by atoms with Crippen molar-refractivity contribution in [2.45, 2.75) is 19.4 Å². The highest BCUT2D eigenvalue weighted by atomic mass is 16.5. The summed E-state index contributed by atoms with van der Waals surface area (Å²) < 4.78 is 9.78. The smallest absolute Gasteiger partial charge is 0.337 e. The zero-order valence-electron chi connectivity index (χ0n) is 17.4. The summed E-state index contributed by atoms with van der Waals surface area (Å²) in [7, 11) is 1.29. The van der Waals surface area contributed by atoms with Gasteiger partial charge in [0.1, 0.15) is 0 Å². The molecule has 162 valence electrons. The zero-order valence-corrected chi connectivity index (χ0v) is 17.4. The van der Waals surface area contributed by atoms with E-state index < -0.39 is 30.4 Å². The summed E-state index contributed by atoms with van der Waals surface area (Å²) in [6, 6.07) is 15.6. The van der Waals surface area contributed by atoms with Gasteiger partial charge in [-0.1, -0.05) is 30.3 Å². The van der Waals surface area contributed by atoms with Gasteiger partial charge in [-0.05, 0) is 36.8 Å². The predicted octanol–water partition coefficient (Wildman–Crippen LogP) is 2.25. The lowest BCUT2D eigenvalue weighted by atomic mass is 10.1. The van der Waals surface area contributed by atoms with Crippen LogP contribution in [0.5, 0.6) is 0 Å². The molecule has 0 aliphatic carbocycles. The van der Waals surface area contributed by atoms with Crippen molar-refractivity contribution in [3.05, 3.63) is 65.7 Å². The first-order chi connectivity index (χ1) is 14.9. The molecule has 2 aromatic rings. The minimum absolute atomic E-state index is 0.000373. The molecule has 0 spiro atoms. The fourth-order valence-corrected chi connectivity index (χ4v) is 3.37. The van der Waals surface area contributed by atoms with Gasteiger partial charge in [-0.25, -0.2) is 4.79 Å². The molecule has 0 aromatic heterocycles. The summed E-state index contributed by atoms with van der Waals surface area (Å²) in [5.41, 5.74) is 1.88. The number of amides is 2. The van der Waals surface area contributed by atoms with Crippen LogP contribution in [0.3, 0.4) is 0 Å². The van der Waals surface area contributed by atoms with E-state index in [4.69, 9.17) is 4.74 Å². The lowest BCUT2D eigenvalue weighted by molar-refractivity contribution is -0.152. The van der Waals surface area contributed by atoms with Gasteiger partial charge >= 0.3 is 11.9 Å². The van der Waals surface area contributed by atoms with Crippen molar-refractivity contribution >= 4 is 29.4 Å². The van der Waals surface area contributed by atoms with Crippen LogP contribution in [0, 0.1) is 5.92 Å². The fourth-order valence-electron chi connectivity index (χ4n) is 3.37. The molecule has 0 bridgehead atoms. The summed E-state index contributed by atoms with van der Waals surface area (Å²) in [5, 5.41) is 2.77. The summed E-state index contributed by atoms with van der Waals surface area (Å²) in [6.45, 7) is 1.58. The predicted molar refractivity (Wildman–Crippen MR) is 112 cm³/mol. The molecule has 0 saturated carbocycles. The third kappa shape index (κ3) is 5.48. The van der Waals surface area contributed by atoms with Crippen LogP contribution in [-0.2, 0) is 23.9 Å². The third-order valence-electron chi connectivity index (χ3n) is 5.08. The number of hydrogen-bond acceptors (Lipinski definition) is 6. The largest absolute Gasteiger partial charge is 0.465 e. The molecule has 1 aliphatic heterocycles. The van der Waals surface area contributed by atoms with Gasteiger partial charge in [0.05, 0.1) is 24.6 Å². The van der Waals surface area contributed by atoms with Crippen molar-refractivity contribution in [2.75, 3.05) is 25.2 Å². The normalized spacial score (nSPS) is 16.5. The lowest BCUT2D eigenvalue weighted by Crippen LogP contribution is -2.32. The molecule has 2 atom stereocenters. The maximum absolute atomic E-state index is 12.4. The van der Waals surface area contributed by atoms with Gasteiger partial charge < -0.3 is 19.7 Å². The highest BCUT2D eigenvalue weighted by molar-refractivity contribution is 6.00. The second-order valence-electron chi connectivity index (χ2n) is 7.25. The minimum Gasteiger partial charge on any atom is -0.465 e. The van der Waals surface area contributed by atoms with Crippen LogP contribution < -0.4 is 10.2 Å². The number of ether oxygens (including phenoxy) is 2. The zero-order chi connectivity index (χ0) is 22.4. The Bertz CT molecular complexity index is 958. The number of nitrogens with zero attached hydrogens (tertiary/aromatic N) is 1. The van der Waals surface area contributed by atoms with E-state index in [1.165, 1.54) is 12.0 Å². The van der Waals surface area contributed by atoms with Gasteiger partial charge in [-0.3, -0.25) is 14.4 Å². The van der Waals surface area contributed by atoms with Crippen LogP contribution in [0.1, 0.15) is 35.3 Å². The Morgan fingerprint density at radius 2 is 1.77 bits per heavy atom. The summed E-state index contributed by atoms with van der Waals surface area (Å²) in [4.78, 5) is 49.8. The van der Waals surface area contributed by atoms with Gasteiger partial charge in [0.15, 0.2) is 6.61 Å². The molecule has 1 N–H and O–H groups in total. The van der Waals surface area contributed by atoms with Crippen LogP contribution in [0.2, 0.25) is 0 Å². The monoisotopic (exact) mass is 424 g/mol. The maximum Gasteiger partial charge on any atom is 0.337 e. The van der Waals surface area contributed by atoms with Gasteiger partial charge in [-0.15, -0.1) is 0 Å². The number of methoxy groups -OCH3 is 1. The molecule has 0 radical (unpaired) electrons. The first kappa shape index (κ1) is 22.0. The van der Waals surface area contributed by atoms with Crippen molar-refractivity contribution in [1.82, 2.24) is 5.32 Å². The molecule has 8 heteroatoms. The molecule has 8 nitrogen and oxygen atoms in total. The van der Waals surface area contributed by atoms with E-state index in [9.17, 15) is 19.2 Å². The van der Waals surface area contributed by atoms with E-state index in [2.05, 4.69) is 10.1 Å². The van der Waals surface area contributed by atoms with E-state index in [1.54, 1.807) is 24.3 Å². The fraction of sp³-hybridized carbons (Fsp3) is 0.304. The van der Waals surface area contributed by atoms with E-state index in [-0.39, 0.29) is 24.9 Å². The number of carbonyl (C=O) groups excluding carboxylic acids is 4. The Labute approximate surface area is 180 Å². The molecular weight excluding hydrogens is 400 g/mol. The van der Waals surface area contributed by atoms with Crippen LogP contribution in [-0.4, -0.2) is 44.0 Å². The number of nitrogens with one attached hydrogen (secondary N) is 1. The number of rotatable bonds is 7. The molecule has 31 heavy (non-hydrogen) atoms. The standard InChI is InChI=1S/C23H24N2O6/c1-15(16-6-4-3-5-7-16)24-20(26)14-31-23(29)18-12-21(27)25(13-18)19-10-8-17(9-11-19)22(28)30-2/h3-11,15,18H,12-14H2,1-2H3,(H,24,26)/t15-,18-/m0/s1. The van der Waals surface area contributed by atoms with Gasteiger partial charge in [0.25, 0.3) is 5.91 Å². The van der Waals surface area contributed by atoms with Crippen molar-refractivity contribution in [1.29, 1.82) is 0 Å². The summed E-state index contributed by atoms with van der Waals surface area (Å²) in [5.74, 6) is -2.36. The molecular formula is C23H24N2O6. The van der Waals surface area contributed by atoms with E-state index >= 15 is 0 Å². The van der Waals surface area contributed by atoms with Gasteiger partial charge in [0, 0.05) is 18.7 Å². The van der Waals surface area contributed by atoms with Crippen LogP contribution >= 0.6 is 0 Å².